The number of likely N-dealkylation sites (N-methyl/N-ethyl adjacent to an activating group) is 1. The monoisotopic (exact) mass is 576 g/mol. The van der Waals surface area contributed by atoms with E-state index in [0.29, 0.717) is 16.9 Å². The van der Waals surface area contributed by atoms with Crippen molar-refractivity contribution < 1.29 is 24.2 Å². The lowest BCUT2D eigenvalue weighted by molar-refractivity contribution is -0.111. The number of carbonyl (C=O) groups excluding carboxylic acids is 2. The molecule has 4 N–H and O–H groups in total. The normalized spacial score (nSPS) is 12.2. The van der Waals surface area contributed by atoms with Gasteiger partial charge in [-0.15, -0.1) is 0 Å². The fourth-order valence-electron chi connectivity index (χ4n) is 3.20. The number of hydrogen-bond donors (Lipinski definition) is 4. The zero-order valence-corrected chi connectivity index (χ0v) is 23.6. The predicted octanol–water partition coefficient (Wildman–Crippen LogP) is 5.33. The highest BCUT2D eigenvalue weighted by Gasteiger charge is 2.22. The van der Waals surface area contributed by atoms with Crippen LogP contribution in [0.25, 0.3) is 0 Å². The van der Waals surface area contributed by atoms with Crippen molar-refractivity contribution in [2.24, 2.45) is 9.98 Å². The van der Waals surface area contributed by atoms with E-state index in [0.717, 1.165) is 6.08 Å². The molecule has 3 amide bonds. The summed E-state index contributed by atoms with van der Waals surface area (Å²) >= 11 is 12.7. The second-order valence-electron chi connectivity index (χ2n) is 7.84. The van der Waals surface area contributed by atoms with Crippen LogP contribution < -0.4 is 25.4 Å². The molecule has 11 nitrogen and oxygen atoms in total. The first kappa shape index (κ1) is 31.2. The van der Waals surface area contributed by atoms with Gasteiger partial charge in [-0.1, -0.05) is 35.8 Å². The van der Waals surface area contributed by atoms with Gasteiger partial charge >= 0.3 is 6.03 Å². The SMILES string of the molecule is C=CC(=O)Nc1cc(C(C)O)ccc1N/C(=C/C(=NC)N(C)C(=O)Nc1c(Cl)c(OC)cc(OC)c1Cl)N=C. The van der Waals surface area contributed by atoms with Crippen molar-refractivity contribution in [2.75, 3.05) is 44.3 Å². The number of aliphatic hydroxyl groups is 1. The summed E-state index contributed by atoms with van der Waals surface area (Å²) in [5.41, 5.74) is 1.48. The summed E-state index contributed by atoms with van der Waals surface area (Å²) < 4.78 is 10.5. The Morgan fingerprint density at radius 3 is 2.18 bits per heavy atom. The number of methoxy groups -OCH3 is 2. The number of urea groups is 1. The molecule has 1 unspecified atom stereocenters. The van der Waals surface area contributed by atoms with Gasteiger partial charge in [0.1, 0.15) is 33.2 Å². The first-order valence-corrected chi connectivity index (χ1v) is 12.1. The van der Waals surface area contributed by atoms with Crippen LogP contribution >= 0.6 is 23.2 Å². The molecule has 208 valence electrons. The summed E-state index contributed by atoms with van der Waals surface area (Å²) in [5, 5.41) is 18.5. The van der Waals surface area contributed by atoms with Gasteiger partial charge in [0, 0.05) is 26.2 Å². The van der Waals surface area contributed by atoms with E-state index in [1.54, 1.807) is 25.1 Å². The van der Waals surface area contributed by atoms with E-state index in [1.807, 2.05) is 0 Å². The summed E-state index contributed by atoms with van der Waals surface area (Å²) in [6.07, 6.45) is 1.82. The minimum atomic E-state index is -0.761. The lowest BCUT2D eigenvalue weighted by Crippen LogP contribution is -2.36. The summed E-state index contributed by atoms with van der Waals surface area (Å²) in [5.74, 6) is 0.443. The van der Waals surface area contributed by atoms with Crippen LogP contribution in [0, 0.1) is 0 Å². The maximum Gasteiger partial charge on any atom is 0.327 e. The summed E-state index contributed by atoms with van der Waals surface area (Å²) in [7, 11) is 5.79. The molecule has 0 radical (unpaired) electrons. The Morgan fingerprint density at radius 2 is 1.69 bits per heavy atom. The number of carbonyl (C=O) groups is 2. The fourth-order valence-corrected chi connectivity index (χ4v) is 3.80. The summed E-state index contributed by atoms with van der Waals surface area (Å²) in [6, 6.07) is 5.81. The molecule has 0 aliphatic heterocycles. The molecule has 0 saturated carbocycles. The molecule has 1 atom stereocenters. The average Bonchev–Trinajstić information content (AvgIpc) is 2.93. The second kappa shape index (κ2) is 14.2. The standard InChI is InChI=1S/C26H30Cl2N6O5/c1-8-22(36)32-17-11-15(14(2)35)9-10-16(17)31-20(29-3)13-21(30-4)34(5)26(37)33-25-23(27)18(38-6)12-19(39-7)24(25)28/h8-14,31,35H,1,3H2,2,4-7H3,(H,32,36)(H,33,37)/b20-13+,30-21?. The molecule has 0 aliphatic rings. The van der Waals surface area contributed by atoms with Gasteiger partial charge < -0.3 is 30.5 Å². The van der Waals surface area contributed by atoms with Crippen molar-refractivity contribution >= 4 is 64.8 Å². The Bertz CT molecular complexity index is 1300. The Kier molecular flexibility index (Phi) is 11.3. The third-order valence-corrected chi connectivity index (χ3v) is 6.10. The molecule has 0 bridgehead atoms. The minimum absolute atomic E-state index is 0.0837. The third kappa shape index (κ3) is 7.73. The van der Waals surface area contributed by atoms with Crippen LogP contribution in [-0.4, -0.2) is 62.8 Å². The van der Waals surface area contributed by atoms with Crippen LogP contribution in [-0.2, 0) is 4.79 Å². The average molecular weight is 577 g/mol. The van der Waals surface area contributed by atoms with E-state index in [4.69, 9.17) is 32.7 Å². The van der Waals surface area contributed by atoms with Crippen molar-refractivity contribution in [3.63, 3.8) is 0 Å². The van der Waals surface area contributed by atoms with E-state index < -0.39 is 18.0 Å². The number of aliphatic imine (C=N–C) groups is 2. The molecule has 0 saturated heterocycles. The maximum absolute atomic E-state index is 13.1. The number of halogens is 2. The Morgan fingerprint density at radius 1 is 1.08 bits per heavy atom. The minimum Gasteiger partial charge on any atom is -0.495 e. The van der Waals surface area contributed by atoms with Crippen LogP contribution in [0.4, 0.5) is 21.9 Å². The first-order valence-electron chi connectivity index (χ1n) is 11.3. The topological polar surface area (TPSA) is 137 Å². The third-order valence-electron chi connectivity index (χ3n) is 5.35. The molecule has 13 heteroatoms. The van der Waals surface area contributed by atoms with Crippen molar-refractivity contribution in [3.05, 3.63) is 64.4 Å². The molecule has 2 rings (SSSR count). The molecule has 0 heterocycles. The molecular formula is C26H30Cl2N6O5. The Labute approximate surface area is 236 Å². The van der Waals surface area contributed by atoms with Gasteiger partial charge in [-0.3, -0.25) is 14.7 Å². The molecule has 0 aliphatic carbocycles. The van der Waals surface area contributed by atoms with Gasteiger partial charge in [0.2, 0.25) is 5.91 Å². The number of ether oxygens (including phenoxy) is 2. The van der Waals surface area contributed by atoms with E-state index in [-0.39, 0.29) is 38.9 Å². The lowest BCUT2D eigenvalue weighted by Gasteiger charge is -2.21. The number of amidine groups is 1. The van der Waals surface area contributed by atoms with Crippen molar-refractivity contribution in [1.82, 2.24) is 4.90 Å². The van der Waals surface area contributed by atoms with Gasteiger partial charge in [0.05, 0.1) is 37.4 Å². The Hall–Kier alpha value is -4.06. The molecular weight excluding hydrogens is 547 g/mol. The van der Waals surface area contributed by atoms with Crippen LogP contribution in [0.1, 0.15) is 18.6 Å². The van der Waals surface area contributed by atoms with Gasteiger partial charge in [0.25, 0.3) is 0 Å². The number of nitrogens with one attached hydrogen (secondary N) is 3. The van der Waals surface area contributed by atoms with Gasteiger partial charge in [-0.05, 0) is 37.4 Å². The molecule has 39 heavy (non-hydrogen) atoms. The molecule has 0 spiro atoms. The number of hydrogen-bond acceptors (Lipinski definition) is 8. The maximum atomic E-state index is 13.1. The highest BCUT2D eigenvalue weighted by atomic mass is 35.5. The van der Waals surface area contributed by atoms with Crippen LogP contribution in [0.2, 0.25) is 10.0 Å². The highest BCUT2D eigenvalue weighted by molar-refractivity contribution is 6.41. The highest BCUT2D eigenvalue weighted by Crippen LogP contribution is 2.44. The predicted molar refractivity (Wildman–Crippen MR) is 157 cm³/mol. The van der Waals surface area contributed by atoms with Gasteiger partial charge in [0.15, 0.2) is 0 Å². The van der Waals surface area contributed by atoms with Gasteiger partial charge in [-0.25, -0.2) is 9.79 Å². The van der Waals surface area contributed by atoms with Crippen molar-refractivity contribution in [2.45, 2.75) is 13.0 Å². The Balaban J connectivity index is 2.37. The number of benzene rings is 2. The van der Waals surface area contributed by atoms with E-state index in [1.165, 1.54) is 45.4 Å². The van der Waals surface area contributed by atoms with Crippen molar-refractivity contribution in [1.29, 1.82) is 0 Å². The number of anilines is 3. The lowest BCUT2D eigenvalue weighted by atomic mass is 10.1. The van der Waals surface area contributed by atoms with E-state index >= 15 is 0 Å². The quantitative estimate of drug-likeness (QED) is 0.171. The van der Waals surface area contributed by atoms with Gasteiger partial charge in [-0.2, -0.15) is 0 Å². The molecule has 0 aromatic heterocycles. The zero-order chi connectivity index (χ0) is 29.3. The summed E-state index contributed by atoms with van der Waals surface area (Å²) in [6.45, 7) is 8.63. The smallest absolute Gasteiger partial charge is 0.327 e. The fraction of sp³-hybridized carbons (Fsp3) is 0.231. The largest absolute Gasteiger partial charge is 0.495 e. The number of rotatable bonds is 10. The van der Waals surface area contributed by atoms with Crippen LogP contribution in [0.3, 0.4) is 0 Å². The number of aliphatic hydroxyl groups excluding tert-OH is 1. The molecule has 2 aromatic carbocycles. The second-order valence-corrected chi connectivity index (χ2v) is 8.60. The van der Waals surface area contributed by atoms with Crippen LogP contribution in [0.15, 0.2) is 58.8 Å². The number of nitrogens with zero attached hydrogens (tertiary/aromatic N) is 3. The van der Waals surface area contributed by atoms with Crippen molar-refractivity contribution in [3.8, 4) is 11.5 Å². The molecule has 2 aromatic rings. The first-order chi connectivity index (χ1) is 18.5. The van der Waals surface area contributed by atoms with Crippen LogP contribution in [0.5, 0.6) is 11.5 Å². The zero-order valence-electron chi connectivity index (χ0n) is 22.1. The molecule has 0 fully saturated rings. The van der Waals surface area contributed by atoms with E-state index in [2.05, 4.69) is 39.2 Å². The number of amides is 3. The summed E-state index contributed by atoms with van der Waals surface area (Å²) in [4.78, 5) is 34.4. The van der Waals surface area contributed by atoms with E-state index in [9.17, 15) is 14.7 Å².